The molecule has 26 heavy (non-hydrogen) atoms. The van der Waals surface area contributed by atoms with Gasteiger partial charge in [0.1, 0.15) is 23.0 Å². The number of aromatic hydroxyl groups is 1. The van der Waals surface area contributed by atoms with E-state index in [0.717, 1.165) is 5.56 Å². The number of nitrogens with one attached hydrogen (secondary N) is 1. The molecule has 1 amide bonds. The van der Waals surface area contributed by atoms with Gasteiger partial charge in [-0.25, -0.2) is 4.79 Å². The van der Waals surface area contributed by atoms with Crippen LogP contribution in [0.5, 0.6) is 5.75 Å². The SMILES string of the molecule is O=C(O)/C(=C\c1ccc(-c2ccccc2)o1)NC(=O)c1cccc(O)c1. The van der Waals surface area contributed by atoms with Crippen molar-refractivity contribution in [2.24, 2.45) is 0 Å². The van der Waals surface area contributed by atoms with Crippen molar-refractivity contribution >= 4 is 18.0 Å². The number of hydrogen-bond donors (Lipinski definition) is 3. The summed E-state index contributed by atoms with van der Waals surface area (Å²) < 4.78 is 5.63. The van der Waals surface area contributed by atoms with E-state index in [1.165, 1.54) is 30.3 Å². The second-order valence-electron chi connectivity index (χ2n) is 5.44. The standard InChI is InChI=1S/C20H15NO5/c22-15-8-4-7-14(11-15)19(23)21-17(20(24)25)12-16-9-10-18(26-16)13-5-2-1-3-6-13/h1-12,22H,(H,21,23)(H,24,25)/b17-12+. The van der Waals surface area contributed by atoms with E-state index < -0.39 is 11.9 Å². The Bertz CT molecular complexity index is 973. The van der Waals surface area contributed by atoms with Crippen LogP contribution in [0.15, 0.2) is 76.8 Å². The molecule has 3 rings (SSSR count). The summed E-state index contributed by atoms with van der Waals surface area (Å²) in [6.07, 6.45) is 1.23. The maximum absolute atomic E-state index is 12.2. The van der Waals surface area contributed by atoms with E-state index in [1.54, 1.807) is 12.1 Å². The van der Waals surface area contributed by atoms with Crippen molar-refractivity contribution in [2.45, 2.75) is 0 Å². The van der Waals surface area contributed by atoms with E-state index in [1.807, 2.05) is 30.3 Å². The number of phenolic OH excluding ortho intramolecular Hbond substituents is 1. The number of phenols is 1. The van der Waals surface area contributed by atoms with E-state index >= 15 is 0 Å². The van der Waals surface area contributed by atoms with Crippen molar-refractivity contribution in [3.05, 3.63) is 83.8 Å². The quantitative estimate of drug-likeness (QED) is 0.612. The summed E-state index contributed by atoms with van der Waals surface area (Å²) in [5, 5.41) is 21.1. The molecule has 0 saturated heterocycles. The zero-order valence-electron chi connectivity index (χ0n) is 13.5. The fourth-order valence-electron chi connectivity index (χ4n) is 2.32. The molecule has 0 bridgehead atoms. The Morgan fingerprint density at radius 3 is 2.42 bits per heavy atom. The minimum absolute atomic E-state index is 0.0861. The fourth-order valence-corrected chi connectivity index (χ4v) is 2.32. The smallest absolute Gasteiger partial charge is 0.352 e. The highest BCUT2D eigenvalue weighted by atomic mass is 16.4. The van der Waals surface area contributed by atoms with E-state index in [4.69, 9.17) is 4.42 Å². The minimum Gasteiger partial charge on any atom is -0.508 e. The van der Waals surface area contributed by atoms with Gasteiger partial charge >= 0.3 is 5.97 Å². The zero-order chi connectivity index (χ0) is 18.5. The average Bonchev–Trinajstić information content (AvgIpc) is 3.10. The van der Waals surface area contributed by atoms with Gasteiger partial charge in [0.2, 0.25) is 0 Å². The second kappa shape index (κ2) is 7.40. The molecular weight excluding hydrogens is 334 g/mol. The van der Waals surface area contributed by atoms with E-state index in [9.17, 15) is 19.8 Å². The molecule has 6 nitrogen and oxygen atoms in total. The average molecular weight is 349 g/mol. The van der Waals surface area contributed by atoms with Gasteiger partial charge in [0.25, 0.3) is 5.91 Å². The Balaban J connectivity index is 1.83. The molecule has 0 atom stereocenters. The lowest BCUT2D eigenvalue weighted by Crippen LogP contribution is -2.27. The monoisotopic (exact) mass is 349 g/mol. The van der Waals surface area contributed by atoms with Crippen LogP contribution in [-0.4, -0.2) is 22.1 Å². The molecule has 6 heteroatoms. The first-order chi connectivity index (χ1) is 12.5. The van der Waals surface area contributed by atoms with Crippen LogP contribution in [0.4, 0.5) is 0 Å². The van der Waals surface area contributed by atoms with Crippen LogP contribution in [0.2, 0.25) is 0 Å². The lowest BCUT2D eigenvalue weighted by molar-refractivity contribution is -0.132. The molecule has 0 aliphatic carbocycles. The van der Waals surface area contributed by atoms with Crippen molar-refractivity contribution in [2.75, 3.05) is 0 Å². The number of carboxylic acids is 1. The van der Waals surface area contributed by atoms with Crippen LogP contribution in [-0.2, 0) is 4.79 Å². The second-order valence-corrected chi connectivity index (χ2v) is 5.44. The van der Waals surface area contributed by atoms with Gasteiger partial charge in [-0.3, -0.25) is 4.79 Å². The molecule has 3 aromatic rings. The highest BCUT2D eigenvalue weighted by Gasteiger charge is 2.15. The summed E-state index contributed by atoms with van der Waals surface area (Å²) in [6.45, 7) is 0. The number of hydrogen-bond acceptors (Lipinski definition) is 4. The predicted molar refractivity (Wildman–Crippen MR) is 95.3 cm³/mol. The van der Waals surface area contributed by atoms with E-state index in [-0.39, 0.29) is 22.8 Å². The number of rotatable bonds is 5. The Morgan fingerprint density at radius 1 is 0.962 bits per heavy atom. The highest BCUT2D eigenvalue weighted by Crippen LogP contribution is 2.23. The Labute approximate surface area is 149 Å². The summed E-state index contributed by atoms with van der Waals surface area (Å²) in [4.78, 5) is 23.6. The first-order valence-corrected chi connectivity index (χ1v) is 7.73. The van der Waals surface area contributed by atoms with Gasteiger partial charge in [-0.05, 0) is 30.3 Å². The number of benzene rings is 2. The molecule has 0 aliphatic rings. The van der Waals surface area contributed by atoms with Gasteiger partial charge in [0, 0.05) is 17.2 Å². The molecule has 0 saturated carbocycles. The van der Waals surface area contributed by atoms with Crippen LogP contribution in [0.25, 0.3) is 17.4 Å². The van der Waals surface area contributed by atoms with Crippen molar-refractivity contribution in [3.63, 3.8) is 0 Å². The lowest BCUT2D eigenvalue weighted by atomic mass is 10.2. The third-order valence-electron chi connectivity index (χ3n) is 3.56. The molecule has 0 radical (unpaired) electrons. The van der Waals surface area contributed by atoms with Gasteiger partial charge in [-0.2, -0.15) is 0 Å². The Hall–Kier alpha value is -3.80. The number of carboxylic acid groups (broad SMARTS) is 1. The normalized spacial score (nSPS) is 11.2. The van der Waals surface area contributed by atoms with E-state index in [0.29, 0.717) is 5.76 Å². The zero-order valence-corrected chi connectivity index (χ0v) is 13.5. The first kappa shape index (κ1) is 17.0. The molecule has 0 aliphatic heterocycles. The topological polar surface area (TPSA) is 99.8 Å². The predicted octanol–water partition coefficient (Wildman–Crippen LogP) is 3.51. The number of amides is 1. The number of furan rings is 1. The number of carbonyl (C=O) groups is 2. The molecule has 0 fully saturated rings. The summed E-state index contributed by atoms with van der Waals surface area (Å²) >= 11 is 0. The maximum atomic E-state index is 12.2. The third kappa shape index (κ3) is 3.99. The summed E-state index contributed by atoms with van der Waals surface area (Å²) in [5.74, 6) is -1.17. The number of aliphatic carboxylic acids is 1. The van der Waals surface area contributed by atoms with Crippen molar-refractivity contribution in [1.29, 1.82) is 0 Å². The summed E-state index contributed by atoms with van der Waals surface area (Å²) in [6, 6.07) is 18.3. The summed E-state index contributed by atoms with van der Waals surface area (Å²) in [5.41, 5.74) is 0.654. The van der Waals surface area contributed by atoms with Gasteiger partial charge in [0.05, 0.1) is 0 Å². The molecule has 1 aromatic heterocycles. The molecule has 3 N–H and O–H groups in total. The first-order valence-electron chi connectivity index (χ1n) is 7.73. The summed E-state index contributed by atoms with van der Waals surface area (Å²) in [7, 11) is 0. The Morgan fingerprint density at radius 2 is 1.73 bits per heavy atom. The fraction of sp³-hybridized carbons (Fsp3) is 0. The van der Waals surface area contributed by atoms with Crippen LogP contribution in [0, 0.1) is 0 Å². The molecule has 0 unspecified atom stereocenters. The van der Waals surface area contributed by atoms with Crippen LogP contribution < -0.4 is 5.32 Å². The van der Waals surface area contributed by atoms with Gasteiger partial charge < -0.3 is 19.9 Å². The maximum Gasteiger partial charge on any atom is 0.352 e. The molecular formula is C20H15NO5. The van der Waals surface area contributed by atoms with Crippen LogP contribution in [0.3, 0.4) is 0 Å². The Kier molecular flexibility index (Phi) is 4.85. The van der Waals surface area contributed by atoms with Crippen molar-refractivity contribution < 1.29 is 24.2 Å². The van der Waals surface area contributed by atoms with Crippen molar-refractivity contribution in [3.8, 4) is 17.1 Å². The van der Waals surface area contributed by atoms with E-state index in [2.05, 4.69) is 5.32 Å². The van der Waals surface area contributed by atoms with Gasteiger partial charge in [-0.15, -0.1) is 0 Å². The van der Waals surface area contributed by atoms with Gasteiger partial charge in [-0.1, -0.05) is 36.4 Å². The third-order valence-corrected chi connectivity index (χ3v) is 3.56. The van der Waals surface area contributed by atoms with Gasteiger partial charge in [0.15, 0.2) is 0 Å². The van der Waals surface area contributed by atoms with Crippen LogP contribution >= 0.6 is 0 Å². The van der Waals surface area contributed by atoms with Crippen molar-refractivity contribution in [1.82, 2.24) is 5.32 Å². The molecule has 1 heterocycles. The highest BCUT2D eigenvalue weighted by molar-refractivity contribution is 6.02. The lowest BCUT2D eigenvalue weighted by Gasteiger charge is -2.06. The minimum atomic E-state index is -1.31. The largest absolute Gasteiger partial charge is 0.508 e. The number of carbonyl (C=O) groups excluding carboxylic acids is 1. The molecule has 2 aromatic carbocycles. The van der Waals surface area contributed by atoms with Crippen LogP contribution in [0.1, 0.15) is 16.1 Å². The molecule has 0 spiro atoms. The molecule has 130 valence electrons.